The third kappa shape index (κ3) is 6.43. The Hall–Kier alpha value is -2.66. The molecule has 0 saturated carbocycles. The normalized spacial score (nSPS) is 22.0. The number of nitrogens with two attached hydrogens (primary N) is 1. The van der Waals surface area contributed by atoms with Crippen molar-refractivity contribution in [2.45, 2.75) is 123 Å². The van der Waals surface area contributed by atoms with Gasteiger partial charge >= 0.3 is 5.97 Å². The average Bonchev–Trinajstić information content (AvgIpc) is 3.61. The minimum absolute atomic E-state index is 0.00928. The van der Waals surface area contributed by atoms with Crippen molar-refractivity contribution in [3.8, 4) is 5.95 Å². The van der Waals surface area contributed by atoms with Crippen molar-refractivity contribution in [1.82, 2.24) is 29.3 Å². The number of anilines is 1. The van der Waals surface area contributed by atoms with Crippen molar-refractivity contribution in [3.05, 3.63) is 24.3 Å². The molecule has 14 heteroatoms. The molecule has 1 fully saturated rings. The molecular formula is C29H49N7O5Si2. The molecule has 12 nitrogen and oxygen atoms in total. The van der Waals surface area contributed by atoms with Gasteiger partial charge in [-0.1, -0.05) is 48.5 Å². The molecule has 3 aromatic rings. The summed E-state index contributed by atoms with van der Waals surface area (Å²) < 4.78 is 29.4. The first-order valence-electron chi connectivity index (χ1n) is 15.0. The second kappa shape index (κ2) is 11.7. The summed E-state index contributed by atoms with van der Waals surface area (Å²) in [6.45, 7) is 26.5. The maximum absolute atomic E-state index is 12.2. The van der Waals surface area contributed by atoms with E-state index in [-0.39, 0.29) is 46.2 Å². The van der Waals surface area contributed by atoms with Gasteiger partial charge in [0.25, 0.3) is 5.95 Å². The number of hydrogen-bond donors (Lipinski definition) is 1. The summed E-state index contributed by atoms with van der Waals surface area (Å²) in [4.78, 5) is 26.0. The van der Waals surface area contributed by atoms with Crippen LogP contribution in [0.2, 0.25) is 36.3 Å². The fourth-order valence-electron chi connectivity index (χ4n) is 4.53. The Bertz CT molecular complexity index is 1460. The van der Waals surface area contributed by atoms with Gasteiger partial charge in [0.2, 0.25) is 0 Å². The Morgan fingerprint density at radius 3 is 2.16 bits per heavy atom. The average molecular weight is 632 g/mol. The van der Waals surface area contributed by atoms with E-state index in [1.165, 1.54) is 17.1 Å². The number of ether oxygens (including phenoxy) is 2. The molecule has 1 aliphatic heterocycles. The highest BCUT2D eigenvalue weighted by atomic mass is 28.4. The van der Waals surface area contributed by atoms with E-state index in [0.29, 0.717) is 11.2 Å². The van der Waals surface area contributed by atoms with Gasteiger partial charge in [0.15, 0.2) is 34.3 Å². The van der Waals surface area contributed by atoms with Crippen molar-refractivity contribution < 1.29 is 23.1 Å². The summed E-state index contributed by atoms with van der Waals surface area (Å²) >= 11 is 0. The lowest BCUT2D eigenvalue weighted by molar-refractivity contribution is -0.0324. The van der Waals surface area contributed by atoms with Crippen LogP contribution in [-0.2, 0) is 18.3 Å². The van der Waals surface area contributed by atoms with Crippen molar-refractivity contribution in [2.75, 3.05) is 12.3 Å². The molecule has 1 aliphatic rings. The minimum Gasteiger partial charge on any atom is -0.462 e. The molecule has 4 rings (SSSR count). The topological polar surface area (TPSA) is 141 Å². The number of nitrogens with zero attached hydrogens (tertiary/aromatic N) is 6. The van der Waals surface area contributed by atoms with E-state index in [9.17, 15) is 4.79 Å². The monoisotopic (exact) mass is 631 g/mol. The second-order valence-electron chi connectivity index (χ2n) is 14.3. The van der Waals surface area contributed by atoms with Gasteiger partial charge in [-0.15, -0.1) is 0 Å². The quantitative estimate of drug-likeness (QED) is 0.225. The number of carbonyl (C=O) groups excluding carboxylic acids is 1. The minimum atomic E-state index is -2.28. The van der Waals surface area contributed by atoms with E-state index in [2.05, 4.69) is 89.7 Å². The van der Waals surface area contributed by atoms with Crippen LogP contribution in [0.5, 0.6) is 0 Å². The lowest BCUT2D eigenvalue weighted by Crippen LogP contribution is -2.53. The van der Waals surface area contributed by atoms with Gasteiger partial charge < -0.3 is 24.1 Å². The molecule has 238 valence electrons. The van der Waals surface area contributed by atoms with Gasteiger partial charge in [0.05, 0.1) is 30.8 Å². The number of fused-ring (bicyclic) bond motifs is 1. The lowest BCUT2D eigenvalue weighted by atomic mass is 10.1. The third-order valence-corrected chi connectivity index (χ3v) is 18.1. The first kappa shape index (κ1) is 33.2. The van der Waals surface area contributed by atoms with Crippen LogP contribution in [-0.4, -0.2) is 76.8 Å². The summed E-state index contributed by atoms with van der Waals surface area (Å²) in [5, 5.41) is 4.26. The number of nitrogen functional groups attached to an aromatic ring is 1. The Labute approximate surface area is 256 Å². The maximum atomic E-state index is 12.2. The van der Waals surface area contributed by atoms with Crippen LogP contribution in [0.25, 0.3) is 17.1 Å². The molecule has 0 aromatic carbocycles. The van der Waals surface area contributed by atoms with Gasteiger partial charge in [0, 0.05) is 6.20 Å². The molecule has 4 heterocycles. The van der Waals surface area contributed by atoms with Crippen molar-refractivity contribution in [3.63, 3.8) is 0 Å². The molecule has 0 radical (unpaired) electrons. The predicted molar refractivity (Wildman–Crippen MR) is 171 cm³/mol. The zero-order valence-electron chi connectivity index (χ0n) is 27.8. The second-order valence-corrected chi connectivity index (χ2v) is 23.8. The summed E-state index contributed by atoms with van der Waals surface area (Å²) in [6, 6.07) is 0. The Morgan fingerprint density at radius 2 is 1.60 bits per heavy atom. The molecule has 1 saturated heterocycles. The van der Waals surface area contributed by atoms with Gasteiger partial charge in [-0.3, -0.25) is 4.57 Å². The molecule has 43 heavy (non-hydrogen) atoms. The molecular weight excluding hydrogens is 583 g/mol. The van der Waals surface area contributed by atoms with Crippen LogP contribution >= 0.6 is 0 Å². The highest BCUT2D eigenvalue weighted by Crippen LogP contribution is 2.46. The standard InChI is InChI=1S/C29H49N7O5Si2/c1-13-19-21(40-42(9,10)28(3,4)5)22(41-43(11,12)29(6,7)8)25(39-19)35-17-31-20-23(30)33-27(34-24(20)35)36-16-18(15-32-36)26(37)38-14-2/h15-17,19,21-22,25H,13-14H2,1-12H3,(H2,30,33,34)/t19?,21-,22-,25?/m1/s1. The largest absolute Gasteiger partial charge is 0.462 e. The zero-order valence-corrected chi connectivity index (χ0v) is 29.8. The van der Waals surface area contributed by atoms with Crippen LogP contribution in [0.1, 0.15) is 78.4 Å². The number of esters is 1. The molecule has 0 spiro atoms. The van der Waals surface area contributed by atoms with E-state index < -0.39 is 34.9 Å². The molecule has 2 N–H and O–H groups in total. The Kier molecular flexibility index (Phi) is 9.04. The molecule has 4 atom stereocenters. The van der Waals surface area contributed by atoms with Gasteiger partial charge in [0.1, 0.15) is 17.7 Å². The number of carbonyl (C=O) groups is 1. The van der Waals surface area contributed by atoms with Gasteiger partial charge in [-0.25, -0.2) is 14.5 Å². The molecule has 0 amide bonds. The lowest BCUT2D eigenvalue weighted by Gasteiger charge is -2.44. The first-order chi connectivity index (χ1) is 19.8. The van der Waals surface area contributed by atoms with Crippen molar-refractivity contribution >= 4 is 39.6 Å². The Morgan fingerprint density at radius 1 is 1.00 bits per heavy atom. The predicted octanol–water partition coefficient (Wildman–Crippen LogP) is 5.86. The summed E-state index contributed by atoms with van der Waals surface area (Å²) in [7, 11) is -4.48. The Balaban J connectivity index is 1.82. The van der Waals surface area contributed by atoms with E-state index in [0.717, 1.165) is 6.42 Å². The first-order valence-corrected chi connectivity index (χ1v) is 20.9. The summed E-state index contributed by atoms with van der Waals surface area (Å²) in [5.41, 5.74) is 7.59. The molecule has 0 aliphatic carbocycles. The highest BCUT2D eigenvalue weighted by Gasteiger charge is 2.54. The van der Waals surface area contributed by atoms with E-state index in [1.54, 1.807) is 13.3 Å². The van der Waals surface area contributed by atoms with Crippen molar-refractivity contribution in [2.24, 2.45) is 0 Å². The SMILES string of the molecule is CCOC(=O)c1cnn(-c2nc(N)c3ncn(C4OC(CC)[C@@H](O[Si](C)(C)C(C)(C)C)[C@H]4O[Si](C)(C)C(C)(C)C)c3n2)c1. The molecule has 2 unspecified atom stereocenters. The zero-order chi connectivity index (χ0) is 32.1. The van der Waals surface area contributed by atoms with Crippen LogP contribution in [0.4, 0.5) is 5.82 Å². The van der Waals surface area contributed by atoms with Crippen molar-refractivity contribution in [1.29, 1.82) is 0 Å². The third-order valence-electron chi connectivity index (χ3n) is 9.17. The summed E-state index contributed by atoms with van der Waals surface area (Å²) in [6.07, 6.45) is 3.93. The maximum Gasteiger partial charge on any atom is 0.341 e. The van der Waals surface area contributed by atoms with E-state index in [4.69, 9.17) is 29.0 Å². The molecule has 0 bridgehead atoms. The van der Waals surface area contributed by atoms with Crippen LogP contribution in [0, 0.1) is 0 Å². The number of hydrogen-bond acceptors (Lipinski definition) is 10. The fourth-order valence-corrected chi connectivity index (χ4v) is 7.13. The summed E-state index contributed by atoms with van der Waals surface area (Å²) in [5.74, 6) is -0.0904. The van der Waals surface area contributed by atoms with E-state index in [1.807, 2.05) is 4.57 Å². The smallest absolute Gasteiger partial charge is 0.341 e. The van der Waals surface area contributed by atoms with Gasteiger partial charge in [-0.2, -0.15) is 15.1 Å². The number of rotatable bonds is 9. The van der Waals surface area contributed by atoms with E-state index >= 15 is 0 Å². The number of aromatic nitrogens is 6. The highest BCUT2D eigenvalue weighted by molar-refractivity contribution is 6.74. The molecule has 3 aromatic heterocycles. The van der Waals surface area contributed by atoms with Gasteiger partial charge in [-0.05, 0) is 49.6 Å². The van der Waals surface area contributed by atoms with Crippen LogP contribution in [0.15, 0.2) is 18.7 Å². The van der Waals surface area contributed by atoms with Crippen LogP contribution in [0.3, 0.4) is 0 Å². The van der Waals surface area contributed by atoms with Crippen LogP contribution < -0.4 is 5.73 Å². The fraction of sp³-hybridized carbons (Fsp3) is 0.690. The number of imidazole rings is 1.